The lowest BCUT2D eigenvalue weighted by Gasteiger charge is -2.24. The third-order valence-corrected chi connectivity index (χ3v) is 7.71. The number of hydrogen-bond donors (Lipinski definition) is 6. The molecule has 0 bridgehead atoms. The van der Waals surface area contributed by atoms with Crippen LogP contribution in [0.15, 0.2) is 0 Å². The van der Waals surface area contributed by atoms with Gasteiger partial charge in [0.1, 0.15) is 0 Å². The molecule has 2 saturated carbocycles. The molecule has 4 atom stereocenters. The third-order valence-electron chi connectivity index (χ3n) is 7.71. The molecule has 0 spiro atoms. The lowest BCUT2D eigenvalue weighted by Crippen LogP contribution is -2.46. The van der Waals surface area contributed by atoms with Crippen LogP contribution in [-0.4, -0.2) is 94.2 Å². The normalized spacial score (nSPS) is 27.2. The summed E-state index contributed by atoms with van der Waals surface area (Å²) in [5.74, 6) is 0.489. The maximum Gasteiger partial charge on any atom is 0.456 e. The fraction of sp³-hybridized carbons (Fsp3) is 0.905. The van der Waals surface area contributed by atoms with E-state index in [4.69, 9.17) is 31.6 Å². The van der Waals surface area contributed by atoms with Crippen LogP contribution in [0, 0.1) is 11.8 Å². The molecule has 2 aliphatic heterocycles. The molecule has 12 heteroatoms. The van der Waals surface area contributed by atoms with E-state index in [0.29, 0.717) is 50.9 Å². The zero-order valence-electron chi connectivity index (χ0n) is 19.5. The van der Waals surface area contributed by atoms with Gasteiger partial charge >= 0.3 is 14.2 Å². The molecule has 10 nitrogen and oxygen atoms in total. The van der Waals surface area contributed by atoms with Gasteiger partial charge < -0.3 is 41.4 Å². The summed E-state index contributed by atoms with van der Waals surface area (Å²) < 4.78 is 0. The highest BCUT2D eigenvalue weighted by Gasteiger charge is 2.38. The van der Waals surface area contributed by atoms with Crippen LogP contribution in [0.25, 0.3) is 0 Å². The first-order chi connectivity index (χ1) is 15.7. The Morgan fingerprint density at radius 2 is 1.27 bits per heavy atom. The zero-order valence-corrected chi connectivity index (χ0v) is 19.5. The van der Waals surface area contributed by atoms with Crippen LogP contribution in [0.2, 0.25) is 11.6 Å². The van der Waals surface area contributed by atoms with Crippen molar-refractivity contribution in [2.24, 2.45) is 23.3 Å². The monoisotopic (exact) mass is 466 g/mol. The van der Waals surface area contributed by atoms with Crippen LogP contribution in [0.1, 0.15) is 57.8 Å². The molecule has 0 aromatic rings. The summed E-state index contributed by atoms with van der Waals surface area (Å²) in [5.41, 5.74) is 11.9. The number of amides is 2. The van der Waals surface area contributed by atoms with Crippen molar-refractivity contribution in [3.05, 3.63) is 0 Å². The molecule has 8 N–H and O–H groups in total. The van der Waals surface area contributed by atoms with E-state index in [1.165, 1.54) is 25.7 Å². The number of nitrogens with two attached hydrogens (primary N) is 2. The molecule has 186 valence electrons. The molecule has 2 saturated heterocycles. The first-order valence-corrected chi connectivity index (χ1v) is 12.5. The van der Waals surface area contributed by atoms with E-state index in [9.17, 15) is 9.59 Å². The first kappa shape index (κ1) is 26.4. The number of nitrogens with zero attached hydrogens (tertiary/aromatic N) is 2. The molecule has 33 heavy (non-hydrogen) atoms. The molecule has 0 aromatic carbocycles. The lowest BCUT2D eigenvalue weighted by molar-refractivity contribution is -0.133. The molecular weight excluding hydrogens is 426 g/mol. The van der Waals surface area contributed by atoms with Gasteiger partial charge in [-0.05, 0) is 43.9 Å². The van der Waals surface area contributed by atoms with Gasteiger partial charge in [0, 0.05) is 37.8 Å². The fourth-order valence-electron chi connectivity index (χ4n) is 5.24. The molecule has 2 aliphatic carbocycles. The maximum absolute atomic E-state index is 12.1. The van der Waals surface area contributed by atoms with E-state index in [2.05, 4.69) is 0 Å². The van der Waals surface area contributed by atoms with E-state index in [1.807, 2.05) is 0 Å². The quantitative estimate of drug-likeness (QED) is 0.253. The molecule has 4 unspecified atom stereocenters. The number of carbonyl (C=O) groups excluding carboxylic acids is 2. The van der Waals surface area contributed by atoms with E-state index < -0.39 is 26.3 Å². The molecule has 2 heterocycles. The van der Waals surface area contributed by atoms with Gasteiger partial charge in [0.2, 0.25) is 11.8 Å². The van der Waals surface area contributed by atoms with Gasteiger partial charge in [-0.2, -0.15) is 0 Å². The first-order valence-electron chi connectivity index (χ1n) is 12.5. The standard InChI is InChI=1S/C11H21BN2O3.C10H19BN2O3/c13-10(8-3-1-2-4-8)11(15)14-6-5-9(7-14)12(16)17;12-9(5-7-1-2-7)10(14)13-4-3-8(6-13)11(15)16/h8-10,16-17H,1-7,13H2;7-9,15-16H,1-6,12H2. The molecule has 4 rings (SSSR count). The Morgan fingerprint density at radius 3 is 1.70 bits per heavy atom. The second kappa shape index (κ2) is 12.0. The average molecular weight is 466 g/mol. The number of hydrogen-bond acceptors (Lipinski definition) is 8. The van der Waals surface area contributed by atoms with E-state index in [-0.39, 0.29) is 23.4 Å². The minimum absolute atomic E-state index is 0.0138. The van der Waals surface area contributed by atoms with Gasteiger partial charge in [-0.25, -0.2) is 0 Å². The number of likely N-dealkylation sites (tertiary alicyclic amines) is 2. The van der Waals surface area contributed by atoms with Crippen LogP contribution in [-0.2, 0) is 9.59 Å². The second-order valence-corrected chi connectivity index (χ2v) is 10.3. The summed E-state index contributed by atoms with van der Waals surface area (Å²) >= 11 is 0. The van der Waals surface area contributed by atoms with Crippen molar-refractivity contribution in [3.63, 3.8) is 0 Å². The van der Waals surface area contributed by atoms with Crippen LogP contribution in [0.5, 0.6) is 0 Å². The minimum Gasteiger partial charge on any atom is -0.427 e. The summed E-state index contributed by atoms with van der Waals surface area (Å²) in [4.78, 5) is 27.4. The molecular formula is C21H40B2N4O6. The highest BCUT2D eigenvalue weighted by Crippen LogP contribution is 2.34. The van der Waals surface area contributed by atoms with Gasteiger partial charge in [-0.1, -0.05) is 25.7 Å². The predicted molar refractivity (Wildman–Crippen MR) is 126 cm³/mol. The summed E-state index contributed by atoms with van der Waals surface area (Å²) in [5, 5.41) is 36.2. The summed E-state index contributed by atoms with van der Waals surface area (Å²) in [6.07, 6.45) is 8.91. The van der Waals surface area contributed by atoms with Crippen molar-refractivity contribution >= 4 is 26.1 Å². The van der Waals surface area contributed by atoms with Gasteiger partial charge in [0.25, 0.3) is 0 Å². The summed E-state index contributed by atoms with van der Waals surface area (Å²) in [6.45, 7) is 2.05. The Labute approximate surface area is 197 Å². The molecule has 0 aromatic heterocycles. The lowest BCUT2D eigenvalue weighted by atomic mass is 9.72. The largest absolute Gasteiger partial charge is 0.456 e. The van der Waals surface area contributed by atoms with Crippen molar-refractivity contribution in [1.29, 1.82) is 0 Å². The van der Waals surface area contributed by atoms with E-state index in [1.54, 1.807) is 9.80 Å². The SMILES string of the molecule is NC(C(=O)N1CCC(B(O)O)C1)C1CCCC1.NC(CC1CC1)C(=O)N1CCC(B(O)O)C1. The van der Waals surface area contributed by atoms with Crippen molar-refractivity contribution in [2.45, 2.75) is 81.5 Å². The van der Waals surface area contributed by atoms with Crippen LogP contribution < -0.4 is 11.5 Å². The van der Waals surface area contributed by atoms with Gasteiger partial charge in [-0.3, -0.25) is 9.59 Å². The number of rotatable bonds is 7. The van der Waals surface area contributed by atoms with Crippen molar-refractivity contribution in [2.75, 3.05) is 26.2 Å². The Kier molecular flexibility index (Phi) is 9.61. The summed E-state index contributed by atoms with van der Waals surface area (Å²) in [6, 6.07) is -0.797. The minimum atomic E-state index is -1.32. The Bertz CT molecular complexity index is 663. The van der Waals surface area contributed by atoms with Gasteiger partial charge in [-0.15, -0.1) is 0 Å². The molecule has 4 aliphatic rings. The zero-order chi connectivity index (χ0) is 24.1. The Hall–Kier alpha value is -1.17. The highest BCUT2D eigenvalue weighted by atomic mass is 16.4. The smallest absolute Gasteiger partial charge is 0.427 e. The van der Waals surface area contributed by atoms with Gasteiger partial charge in [0.15, 0.2) is 0 Å². The topological polar surface area (TPSA) is 174 Å². The van der Waals surface area contributed by atoms with Crippen LogP contribution >= 0.6 is 0 Å². The Balaban J connectivity index is 0.000000186. The predicted octanol–water partition coefficient (Wildman–Crippen LogP) is -1.23. The maximum atomic E-state index is 12.1. The molecule has 4 fully saturated rings. The van der Waals surface area contributed by atoms with Crippen LogP contribution in [0.3, 0.4) is 0 Å². The van der Waals surface area contributed by atoms with Crippen molar-refractivity contribution < 1.29 is 29.7 Å². The average Bonchev–Trinajstić information content (AvgIpc) is 3.27. The van der Waals surface area contributed by atoms with Crippen LogP contribution in [0.4, 0.5) is 0 Å². The second-order valence-electron chi connectivity index (χ2n) is 10.3. The van der Waals surface area contributed by atoms with E-state index in [0.717, 1.165) is 19.3 Å². The van der Waals surface area contributed by atoms with Gasteiger partial charge in [0.05, 0.1) is 12.1 Å². The Morgan fingerprint density at radius 1 is 0.788 bits per heavy atom. The third kappa shape index (κ3) is 7.40. The molecule has 0 radical (unpaired) electrons. The highest BCUT2D eigenvalue weighted by molar-refractivity contribution is 6.43. The van der Waals surface area contributed by atoms with Crippen molar-refractivity contribution in [1.82, 2.24) is 9.80 Å². The number of carbonyl (C=O) groups is 2. The fourth-order valence-corrected chi connectivity index (χ4v) is 5.24. The van der Waals surface area contributed by atoms with E-state index >= 15 is 0 Å². The van der Waals surface area contributed by atoms with Crippen molar-refractivity contribution in [3.8, 4) is 0 Å². The molecule has 2 amide bonds. The summed E-state index contributed by atoms with van der Waals surface area (Å²) in [7, 11) is -2.65.